The van der Waals surface area contributed by atoms with Gasteiger partial charge in [0.15, 0.2) is 0 Å². The molecule has 1 amide bonds. The number of aliphatic hydroxyl groups is 1. The van der Waals surface area contributed by atoms with E-state index in [2.05, 4.69) is 5.32 Å². The number of hydrogen-bond donors (Lipinski definition) is 2. The molecule has 0 aliphatic heterocycles. The standard InChI is InChI=1S/C11H14ClNO3/c12-5-7-16-11(15)13-10-3-1-2-9(8-10)4-6-14/h1-3,8,14H,4-7H2,(H,13,15). The molecular formula is C11H14ClNO3. The lowest BCUT2D eigenvalue weighted by Gasteiger charge is -2.07. The number of nitrogens with one attached hydrogen (secondary N) is 1. The van der Waals surface area contributed by atoms with Crippen LogP contribution in [0.2, 0.25) is 0 Å². The zero-order chi connectivity index (χ0) is 11.8. The molecule has 0 spiro atoms. The molecule has 0 aromatic heterocycles. The molecule has 0 saturated carbocycles. The summed E-state index contributed by atoms with van der Waals surface area (Å²) in [7, 11) is 0. The first kappa shape index (κ1) is 12.8. The summed E-state index contributed by atoms with van der Waals surface area (Å²) in [6.45, 7) is 0.268. The van der Waals surface area contributed by atoms with E-state index in [1.165, 1.54) is 0 Å². The number of carbonyl (C=O) groups excluding carboxylic acids is 1. The van der Waals surface area contributed by atoms with Gasteiger partial charge in [0.2, 0.25) is 0 Å². The lowest BCUT2D eigenvalue weighted by Crippen LogP contribution is -2.15. The number of carbonyl (C=O) groups is 1. The van der Waals surface area contributed by atoms with E-state index >= 15 is 0 Å². The van der Waals surface area contributed by atoms with Crippen LogP contribution in [0.3, 0.4) is 0 Å². The minimum atomic E-state index is -0.526. The summed E-state index contributed by atoms with van der Waals surface area (Å²) in [5.74, 6) is 0.276. The third-order valence-electron chi connectivity index (χ3n) is 1.88. The number of rotatable bonds is 5. The maximum absolute atomic E-state index is 11.2. The third kappa shape index (κ3) is 4.51. The summed E-state index contributed by atoms with van der Waals surface area (Å²) < 4.78 is 4.76. The highest BCUT2D eigenvalue weighted by Crippen LogP contribution is 2.11. The first-order valence-electron chi connectivity index (χ1n) is 4.96. The second-order valence-electron chi connectivity index (χ2n) is 3.12. The Bertz CT molecular complexity index is 344. The molecule has 1 rings (SSSR count). The monoisotopic (exact) mass is 243 g/mol. The first-order valence-corrected chi connectivity index (χ1v) is 5.49. The smallest absolute Gasteiger partial charge is 0.411 e. The fraction of sp³-hybridized carbons (Fsp3) is 0.364. The Labute approximate surface area is 99.2 Å². The molecule has 0 unspecified atom stereocenters. The minimum Gasteiger partial charge on any atom is -0.448 e. The van der Waals surface area contributed by atoms with E-state index in [1.807, 2.05) is 12.1 Å². The lowest BCUT2D eigenvalue weighted by molar-refractivity contribution is 0.168. The van der Waals surface area contributed by atoms with Gasteiger partial charge in [-0.05, 0) is 24.1 Å². The number of anilines is 1. The normalized spacial score (nSPS) is 9.88. The van der Waals surface area contributed by atoms with Crippen molar-refractivity contribution in [3.8, 4) is 0 Å². The molecule has 5 heteroatoms. The van der Waals surface area contributed by atoms with Gasteiger partial charge in [-0.3, -0.25) is 5.32 Å². The maximum atomic E-state index is 11.2. The van der Waals surface area contributed by atoms with Crippen LogP contribution in [0.1, 0.15) is 5.56 Å². The highest BCUT2D eigenvalue weighted by atomic mass is 35.5. The Hall–Kier alpha value is -1.26. The van der Waals surface area contributed by atoms with Gasteiger partial charge in [0.1, 0.15) is 6.61 Å². The molecule has 0 saturated heterocycles. The summed E-state index contributed by atoms with van der Waals surface area (Å²) in [6.07, 6.45) is 0.0356. The van der Waals surface area contributed by atoms with Gasteiger partial charge in [0.25, 0.3) is 0 Å². The van der Waals surface area contributed by atoms with Crippen molar-refractivity contribution in [2.24, 2.45) is 0 Å². The molecule has 1 aromatic rings. The van der Waals surface area contributed by atoms with Crippen LogP contribution in [-0.4, -0.2) is 30.3 Å². The second-order valence-corrected chi connectivity index (χ2v) is 3.50. The molecule has 2 N–H and O–H groups in total. The zero-order valence-corrected chi connectivity index (χ0v) is 9.54. The topological polar surface area (TPSA) is 58.6 Å². The maximum Gasteiger partial charge on any atom is 0.411 e. The highest BCUT2D eigenvalue weighted by molar-refractivity contribution is 6.18. The number of aliphatic hydroxyl groups excluding tert-OH is 1. The van der Waals surface area contributed by atoms with Crippen LogP contribution in [0.5, 0.6) is 0 Å². The molecule has 88 valence electrons. The Kier molecular flexibility index (Phi) is 5.67. The molecule has 0 atom stereocenters. The van der Waals surface area contributed by atoms with Crippen LogP contribution in [-0.2, 0) is 11.2 Å². The molecule has 0 fully saturated rings. The summed E-state index contributed by atoms with van der Waals surface area (Å²) in [5, 5.41) is 11.4. The summed E-state index contributed by atoms with van der Waals surface area (Å²) >= 11 is 5.38. The molecule has 0 radical (unpaired) electrons. The molecule has 1 aromatic carbocycles. The van der Waals surface area contributed by atoms with Gasteiger partial charge in [-0.2, -0.15) is 0 Å². The first-order chi connectivity index (χ1) is 7.76. The number of alkyl halides is 1. The molecule has 16 heavy (non-hydrogen) atoms. The second kappa shape index (κ2) is 7.09. The summed E-state index contributed by atoms with van der Waals surface area (Å²) in [5.41, 5.74) is 1.60. The van der Waals surface area contributed by atoms with Gasteiger partial charge < -0.3 is 9.84 Å². The van der Waals surface area contributed by atoms with Crippen molar-refractivity contribution in [3.63, 3.8) is 0 Å². The lowest BCUT2D eigenvalue weighted by atomic mass is 10.1. The number of benzene rings is 1. The Balaban J connectivity index is 2.52. The van der Waals surface area contributed by atoms with Crippen LogP contribution in [0.4, 0.5) is 10.5 Å². The van der Waals surface area contributed by atoms with E-state index < -0.39 is 6.09 Å². The number of amides is 1. The average Bonchev–Trinajstić information content (AvgIpc) is 2.27. The Morgan fingerprint density at radius 3 is 3.00 bits per heavy atom. The van der Waals surface area contributed by atoms with E-state index in [-0.39, 0.29) is 19.1 Å². The third-order valence-corrected chi connectivity index (χ3v) is 2.04. The molecule has 4 nitrogen and oxygen atoms in total. The predicted octanol–water partition coefficient (Wildman–Crippen LogP) is 2.01. The van der Waals surface area contributed by atoms with E-state index in [9.17, 15) is 4.79 Å². The van der Waals surface area contributed by atoms with Gasteiger partial charge >= 0.3 is 6.09 Å². The fourth-order valence-corrected chi connectivity index (χ4v) is 1.30. The van der Waals surface area contributed by atoms with Crippen molar-refractivity contribution < 1.29 is 14.6 Å². The van der Waals surface area contributed by atoms with Crippen LogP contribution in [0.15, 0.2) is 24.3 Å². The van der Waals surface area contributed by atoms with E-state index in [4.69, 9.17) is 21.4 Å². The molecule has 0 heterocycles. The molecule has 0 bridgehead atoms. The molecule has 0 aliphatic carbocycles. The van der Waals surface area contributed by atoms with Crippen molar-refractivity contribution in [1.29, 1.82) is 0 Å². The van der Waals surface area contributed by atoms with Crippen LogP contribution in [0.25, 0.3) is 0 Å². The summed E-state index contributed by atoms with van der Waals surface area (Å²) in [4.78, 5) is 11.2. The van der Waals surface area contributed by atoms with Gasteiger partial charge in [0.05, 0.1) is 5.88 Å². The van der Waals surface area contributed by atoms with Crippen LogP contribution >= 0.6 is 11.6 Å². The molecule has 0 aliphatic rings. The number of hydrogen-bond acceptors (Lipinski definition) is 3. The SMILES string of the molecule is O=C(Nc1cccc(CCO)c1)OCCCl. The Morgan fingerprint density at radius 1 is 1.50 bits per heavy atom. The number of ether oxygens (including phenoxy) is 1. The van der Waals surface area contributed by atoms with Gasteiger partial charge in [0, 0.05) is 12.3 Å². The van der Waals surface area contributed by atoms with Crippen LogP contribution < -0.4 is 5.32 Å². The van der Waals surface area contributed by atoms with Crippen molar-refractivity contribution >= 4 is 23.4 Å². The van der Waals surface area contributed by atoms with Crippen LogP contribution in [0, 0.1) is 0 Å². The fourth-order valence-electron chi connectivity index (χ4n) is 1.22. The van der Waals surface area contributed by atoms with E-state index in [0.29, 0.717) is 12.1 Å². The minimum absolute atomic E-state index is 0.0835. The number of halogens is 1. The highest BCUT2D eigenvalue weighted by Gasteiger charge is 2.02. The van der Waals surface area contributed by atoms with Gasteiger partial charge in [-0.15, -0.1) is 11.6 Å². The quantitative estimate of drug-likeness (QED) is 0.778. The predicted molar refractivity (Wildman–Crippen MR) is 62.9 cm³/mol. The average molecular weight is 244 g/mol. The largest absolute Gasteiger partial charge is 0.448 e. The van der Waals surface area contributed by atoms with Crippen molar-refractivity contribution in [2.45, 2.75) is 6.42 Å². The zero-order valence-electron chi connectivity index (χ0n) is 8.78. The molecular weight excluding hydrogens is 230 g/mol. The van der Waals surface area contributed by atoms with E-state index in [0.717, 1.165) is 5.56 Å². The summed E-state index contributed by atoms with van der Waals surface area (Å²) in [6, 6.07) is 7.23. The Morgan fingerprint density at radius 2 is 2.31 bits per heavy atom. The van der Waals surface area contributed by atoms with Gasteiger partial charge in [-0.25, -0.2) is 4.79 Å². The van der Waals surface area contributed by atoms with E-state index in [1.54, 1.807) is 12.1 Å². The van der Waals surface area contributed by atoms with Crippen molar-refractivity contribution in [3.05, 3.63) is 29.8 Å². The van der Waals surface area contributed by atoms with Crippen molar-refractivity contribution in [1.82, 2.24) is 0 Å². The van der Waals surface area contributed by atoms with Crippen molar-refractivity contribution in [2.75, 3.05) is 24.4 Å². The van der Waals surface area contributed by atoms with Gasteiger partial charge in [-0.1, -0.05) is 12.1 Å².